The first-order chi connectivity index (χ1) is 11.8. The summed E-state index contributed by atoms with van der Waals surface area (Å²) in [5, 5.41) is 0. The monoisotopic (exact) mass is 372 g/mol. The number of benzene rings is 1. The number of hydrogen-bond acceptors (Lipinski definition) is 4. The standard InChI is InChI=1S/C18H29FN2O3S/c1-14(21(2)25(22,23)11-5-3-4-10-20)16-8-9-17(19)18(12-16)24-13-15-6-7-15/h8-9,12,14-15H,3-7,10-11,13,20H2,1-2H3. The van der Waals surface area contributed by atoms with Crippen LogP contribution in [0.5, 0.6) is 5.75 Å². The van der Waals surface area contributed by atoms with Crippen LogP contribution in [0, 0.1) is 11.7 Å². The highest BCUT2D eigenvalue weighted by atomic mass is 32.2. The summed E-state index contributed by atoms with van der Waals surface area (Å²) in [7, 11) is -1.80. The van der Waals surface area contributed by atoms with Crippen LogP contribution in [0.3, 0.4) is 0 Å². The number of ether oxygens (including phenoxy) is 1. The molecule has 7 heteroatoms. The number of rotatable bonds is 11. The van der Waals surface area contributed by atoms with E-state index in [0.29, 0.717) is 25.5 Å². The Bertz CT molecular complexity index is 662. The summed E-state index contributed by atoms with van der Waals surface area (Å²) in [6, 6.07) is 4.19. The van der Waals surface area contributed by atoms with Crippen molar-refractivity contribution in [2.24, 2.45) is 11.7 Å². The summed E-state index contributed by atoms with van der Waals surface area (Å²) >= 11 is 0. The summed E-state index contributed by atoms with van der Waals surface area (Å²) < 4.78 is 45.8. The fraction of sp³-hybridized carbons (Fsp3) is 0.667. The highest BCUT2D eigenvalue weighted by molar-refractivity contribution is 7.89. The normalized spacial score (nSPS) is 16.2. The Morgan fingerprint density at radius 1 is 1.32 bits per heavy atom. The molecule has 1 fully saturated rings. The molecule has 1 saturated carbocycles. The van der Waals surface area contributed by atoms with Gasteiger partial charge in [-0.1, -0.05) is 12.5 Å². The number of hydrogen-bond donors (Lipinski definition) is 1. The van der Waals surface area contributed by atoms with Gasteiger partial charge in [-0.25, -0.2) is 12.8 Å². The van der Waals surface area contributed by atoms with E-state index in [9.17, 15) is 12.8 Å². The maximum atomic E-state index is 13.9. The highest BCUT2D eigenvalue weighted by Crippen LogP contribution is 2.32. The van der Waals surface area contributed by atoms with Crippen molar-refractivity contribution >= 4 is 10.0 Å². The van der Waals surface area contributed by atoms with Gasteiger partial charge in [0.05, 0.1) is 12.4 Å². The second-order valence-corrected chi connectivity index (χ2v) is 8.95. The number of halogens is 1. The van der Waals surface area contributed by atoms with Crippen LogP contribution in [0.4, 0.5) is 4.39 Å². The highest BCUT2D eigenvalue weighted by Gasteiger charge is 2.26. The largest absolute Gasteiger partial charge is 0.490 e. The third-order valence-corrected chi connectivity index (χ3v) is 6.70. The van der Waals surface area contributed by atoms with Gasteiger partial charge in [-0.2, -0.15) is 4.31 Å². The van der Waals surface area contributed by atoms with Crippen molar-refractivity contribution in [2.45, 2.75) is 45.1 Å². The third kappa shape index (κ3) is 5.94. The molecule has 2 rings (SSSR count). The Morgan fingerprint density at radius 3 is 2.68 bits per heavy atom. The molecule has 0 saturated heterocycles. The number of sulfonamides is 1. The first-order valence-corrected chi connectivity index (χ1v) is 10.5. The Morgan fingerprint density at radius 2 is 2.04 bits per heavy atom. The SMILES string of the molecule is CC(c1ccc(F)c(OCC2CC2)c1)N(C)S(=O)(=O)CCCCCN. The lowest BCUT2D eigenvalue weighted by molar-refractivity contribution is 0.284. The predicted molar refractivity (Wildman–Crippen MR) is 97.5 cm³/mol. The Kier molecular flexibility index (Phi) is 7.22. The van der Waals surface area contributed by atoms with E-state index in [1.54, 1.807) is 26.1 Å². The van der Waals surface area contributed by atoms with Gasteiger partial charge in [-0.05, 0) is 62.8 Å². The lowest BCUT2D eigenvalue weighted by atomic mass is 10.1. The van der Waals surface area contributed by atoms with Crippen molar-refractivity contribution < 1.29 is 17.5 Å². The van der Waals surface area contributed by atoms with Crippen LogP contribution in [0.15, 0.2) is 18.2 Å². The van der Waals surface area contributed by atoms with Gasteiger partial charge in [0.25, 0.3) is 0 Å². The van der Waals surface area contributed by atoms with Crippen LogP contribution in [-0.2, 0) is 10.0 Å². The molecule has 0 amide bonds. The van der Waals surface area contributed by atoms with Crippen molar-refractivity contribution in [1.82, 2.24) is 4.31 Å². The second kappa shape index (κ2) is 8.96. The fourth-order valence-corrected chi connectivity index (χ4v) is 4.04. The number of nitrogens with two attached hydrogens (primary N) is 1. The van der Waals surface area contributed by atoms with Gasteiger partial charge in [0.15, 0.2) is 11.6 Å². The van der Waals surface area contributed by atoms with E-state index in [2.05, 4.69) is 0 Å². The molecule has 2 N–H and O–H groups in total. The molecule has 0 aromatic heterocycles. The molecule has 5 nitrogen and oxygen atoms in total. The molecule has 0 spiro atoms. The molecule has 1 aliphatic rings. The van der Waals surface area contributed by atoms with E-state index in [1.807, 2.05) is 0 Å². The van der Waals surface area contributed by atoms with Gasteiger partial charge >= 0.3 is 0 Å². The topological polar surface area (TPSA) is 72.6 Å². The Balaban J connectivity index is 2.01. The first-order valence-electron chi connectivity index (χ1n) is 8.93. The average Bonchev–Trinajstić information content (AvgIpc) is 3.41. The van der Waals surface area contributed by atoms with E-state index in [0.717, 1.165) is 31.2 Å². The summed E-state index contributed by atoms with van der Waals surface area (Å²) in [6.07, 6.45) is 4.48. The van der Waals surface area contributed by atoms with Crippen LogP contribution < -0.4 is 10.5 Å². The zero-order chi connectivity index (χ0) is 18.4. The van der Waals surface area contributed by atoms with Crippen molar-refractivity contribution in [3.8, 4) is 5.75 Å². The molecule has 0 bridgehead atoms. The van der Waals surface area contributed by atoms with E-state index in [-0.39, 0.29) is 17.5 Å². The molecule has 1 aromatic rings. The predicted octanol–water partition coefficient (Wildman–Crippen LogP) is 3.07. The summed E-state index contributed by atoms with van der Waals surface area (Å²) in [5.74, 6) is 0.408. The van der Waals surface area contributed by atoms with Gasteiger partial charge in [-0.3, -0.25) is 0 Å². The molecular formula is C18H29FN2O3S. The molecule has 142 valence electrons. The zero-order valence-electron chi connectivity index (χ0n) is 15.1. The van der Waals surface area contributed by atoms with Gasteiger partial charge in [-0.15, -0.1) is 0 Å². The molecule has 25 heavy (non-hydrogen) atoms. The van der Waals surface area contributed by atoms with E-state index < -0.39 is 15.8 Å². The molecule has 1 aliphatic carbocycles. The van der Waals surface area contributed by atoms with Gasteiger partial charge < -0.3 is 10.5 Å². The van der Waals surface area contributed by atoms with Crippen molar-refractivity contribution in [2.75, 3.05) is 26.0 Å². The van der Waals surface area contributed by atoms with Crippen LogP contribution in [0.2, 0.25) is 0 Å². The maximum absolute atomic E-state index is 13.9. The maximum Gasteiger partial charge on any atom is 0.214 e. The molecule has 0 aliphatic heterocycles. The van der Waals surface area contributed by atoms with Gasteiger partial charge in [0, 0.05) is 13.1 Å². The quantitative estimate of drug-likeness (QED) is 0.606. The fourth-order valence-electron chi connectivity index (χ4n) is 2.58. The van der Waals surface area contributed by atoms with Gasteiger partial charge in [0.1, 0.15) is 0 Å². The smallest absolute Gasteiger partial charge is 0.214 e. The van der Waals surface area contributed by atoms with Crippen LogP contribution in [0.1, 0.15) is 50.6 Å². The third-order valence-electron chi connectivity index (χ3n) is 4.70. The number of nitrogens with zero attached hydrogens (tertiary/aromatic N) is 1. The molecule has 0 heterocycles. The minimum atomic E-state index is -3.37. The lowest BCUT2D eigenvalue weighted by Crippen LogP contribution is -2.31. The molecule has 1 aromatic carbocycles. The van der Waals surface area contributed by atoms with Crippen LogP contribution >= 0.6 is 0 Å². The second-order valence-electron chi connectivity index (χ2n) is 6.80. The van der Waals surface area contributed by atoms with Crippen molar-refractivity contribution in [1.29, 1.82) is 0 Å². The van der Waals surface area contributed by atoms with E-state index >= 15 is 0 Å². The minimum absolute atomic E-state index is 0.0973. The molecule has 0 radical (unpaired) electrons. The van der Waals surface area contributed by atoms with Crippen molar-refractivity contribution in [3.63, 3.8) is 0 Å². The lowest BCUT2D eigenvalue weighted by Gasteiger charge is -2.25. The molecule has 1 atom stereocenters. The van der Waals surface area contributed by atoms with Gasteiger partial charge in [0.2, 0.25) is 10.0 Å². The van der Waals surface area contributed by atoms with E-state index in [1.165, 1.54) is 10.4 Å². The van der Waals surface area contributed by atoms with Crippen LogP contribution in [0.25, 0.3) is 0 Å². The van der Waals surface area contributed by atoms with Crippen LogP contribution in [-0.4, -0.2) is 38.7 Å². The first kappa shape index (κ1) is 20.1. The summed E-state index contributed by atoms with van der Waals surface area (Å²) in [5.41, 5.74) is 6.16. The molecule has 1 unspecified atom stereocenters. The number of unbranched alkanes of at least 4 members (excludes halogenated alkanes) is 2. The molecular weight excluding hydrogens is 343 g/mol. The van der Waals surface area contributed by atoms with Crippen molar-refractivity contribution in [3.05, 3.63) is 29.6 Å². The Labute approximate surface area is 150 Å². The zero-order valence-corrected chi connectivity index (χ0v) is 15.9. The Hall–Kier alpha value is -1.18. The summed E-state index contributed by atoms with van der Waals surface area (Å²) in [6.45, 7) is 2.89. The van der Waals surface area contributed by atoms with E-state index in [4.69, 9.17) is 10.5 Å². The average molecular weight is 373 g/mol. The minimum Gasteiger partial charge on any atom is -0.490 e. The summed E-state index contributed by atoms with van der Waals surface area (Å²) in [4.78, 5) is 0.